The van der Waals surface area contributed by atoms with Gasteiger partial charge in [-0.25, -0.2) is 0 Å². The van der Waals surface area contributed by atoms with E-state index in [2.05, 4.69) is 5.32 Å². The first-order chi connectivity index (χ1) is 7.70. The molecule has 2 atom stereocenters. The standard InChI is InChI=1S/C11H21NO4S/c1-5-17(16)7-6-12-9(13)8(10(14)15)11(2,3)4/h8H,5-7H2,1-4H3,(H,12,13)(H,14,15). The van der Waals surface area contributed by atoms with E-state index in [9.17, 15) is 13.8 Å². The van der Waals surface area contributed by atoms with Gasteiger partial charge in [-0.05, 0) is 5.41 Å². The van der Waals surface area contributed by atoms with Crippen molar-refractivity contribution in [2.45, 2.75) is 27.7 Å². The first-order valence-electron chi connectivity index (χ1n) is 5.55. The van der Waals surface area contributed by atoms with Crippen LogP contribution in [0.1, 0.15) is 27.7 Å². The average Bonchev–Trinajstić information content (AvgIpc) is 2.14. The molecule has 0 saturated heterocycles. The van der Waals surface area contributed by atoms with Crippen LogP contribution in [-0.4, -0.2) is 39.2 Å². The van der Waals surface area contributed by atoms with Crippen LogP contribution in [0.25, 0.3) is 0 Å². The van der Waals surface area contributed by atoms with Crippen LogP contribution in [0.5, 0.6) is 0 Å². The van der Waals surface area contributed by atoms with E-state index in [1.807, 2.05) is 0 Å². The number of carbonyl (C=O) groups excluding carboxylic acids is 1. The fraction of sp³-hybridized carbons (Fsp3) is 0.818. The molecule has 17 heavy (non-hydrogen) atoms. The number of nitrogens with one attached hydrogen (secondary N) is 1. The van der Waals surface area contributed by atoms with Gasteiger partial charge in [0.25, 0.3) is 0 Å². The fourth-order valence-corrected chi connectivity index (χ4v) is 2.03. The average molecular weight is 263 g/mol. The smallest absolute Gasteiger partial charge is 0.316 e. The molecule has 1 amide bonds. The highest BCUT2D eigenvalue weighted by Gasteiger charge is 2.37. The number of aliphatic carboxylic acids is 1. The Morgan fingerprint density at radius 2 is 1.88 bits per heavy atom. The molecule has 0 spiro atoms. The van der Waals surface area contributed by atoms with E-state index in [-0.39, 0.29) is 6.54 Å². The highest BCUT2D eigenvalue weighted by molar-refractivity contribution is 7.84. The van der Waals surface area contributed by atoms with Crippen molar-refractivity contribution in [2.24, 2.45) is 11.3 Å². The number of carboxylic acid groups (broad SMARTS) is 1. The van der Waals surface area contributed by atoms with Crippen LogP contribution < -0.4 is 5.32 Å². The Morgan fingerprint density at radius 3 is 2.24 bits per heavy atom. The van der Waals surface area contributed by atoms with E-state index in [1.54, 1.807) is 27.7 Å². The molecular weight excluding hydrogens is 242 g/mol. The van der Waals surface area contributed by atoms with Gasteiger partial charge in [-0.3, -0.25) is 13.8 Å². The SMILES string of the molecule is CCS(=O)CCNC(=O)C(C(=O)O)C(C)(C)C. The van der Waals surface area contributed by atoms with Crippen LogP contribution >= 0.6 is 0 Å². The number of carboxylic acids is 1. The molecule has 6 heteroatoms. The topological polar surface area (TPSA) is 83.5 Å². The van der Waals surface area contributed by atoms with Crippen molar-refractivity contribution in [2.75, 3.05) is 18.1 Å². The van der Waals surface area contributed by atoms with Crippen LogP contribution in [-0.2, 0) is 20.4 Å². The molecule has 2 unspecified atom stereocenters. The summed E-state index contributed by atoms with van der Waals surface area (Å²) in [5.41, 5.74) is -0.639. The summed E-state index contributed by atoms with van der Waals surface area (Å²) in [4.78, 5) is 22.7. The van der Waals surface area contributed by atoms with E-state index in [4.69, 9.17) is 5.11 Å². The van der Waals surface area contributed by atoms with Crippen molar-refractivity contribution in [3.8, 4) is 0 Å². The summed E-state index contributed by atoms with van der Waals surface area (Å²) in [6.45, 7) is 7.16. The maximum atomic E-state index is 11.7. The van der Waals surface area contributed by atoms with Gasteiger partial charge < -0.3 is 10.4 Å². The van der Waals surface area contributed by atoms with Crippen molar-refractivity contribution in [3.05, 3.63) is 0 Å². The summed E-state index contributed by atoms with van der Waals surface area (Å²) >= 11 is 0. The van der Waals surface area contributed by atoms with Gasteiger partial charge in [-0.2, -0.15) is 0 Å². The maximum absolute atomic E-state index is 11.7. The molecule has 0 aromatic rings. The number of hydrogen-bond acceptors (Lipinski definition) is 3. The first-order valence-corrected chi connectivity index (χ1v) is 7.04. The van der Waals surface area contributed by atoms with E-state index < -0.39 is 34.0 Å². The Kier molecular flexibility index (Phi) is 6.37. The van der Waals surface area contributed by atoms with Gasteiger partial charge in [0.1, 0.15) is 5.92 Å². The molecule has 0 aliphatic rings. The third-order valence-electron chi connectivity index (χ3n) is 2.33. The zero-order valence-corrected chi connectivity index (χ0v) is 11.6. The minimum atomic E-state index is -1.13. The second-order valence-electron chi connectivity index (χ2n) is 4.86. The number of rotatable bonds is 6. The summed E-state index contributed by atoms with van der Waals surface area (Å²) in [7, 11) is -0.951. The molecule has 5 nitrogen and oxygen atoms in total. The molecule has 0 fully saturated rings. The van der Waals surface area contributed by atoms with Crippen LogP contribution in [0.3, 0.4) is 0 Å². The van der Waals surface area contributed by atoms with E-state index in [0.717, 1.165) is 0 Å². The Balaban J connectivity index is 4.37. The Bertz CT molecular complexity index is 309. The minimum Gasteiger partial charge on any atom is -0.481 e. The third-order valence-corrected chi connectivity index (χ3v) is 3.63. The zero-order valence-electron chi connectivity index (χ0n) is 10.8. The lowest BCUT2D eigenvalue weighted by Crippen LogP contribution is -2.43. The maximum Gasteiger partial charge on any atom is 0.316 e. The highest BCUT2D eigenvalue weighted by atomic mass is 32.2. The molecule has 2 N–H and O–H groups in total. The lowest BCUT2D eigenvalue weighted by atomic mass is 9.80. The van der Waals surface area contributed by atoms with Crippen molar-refractivity contribution in [3.63, 3.8) is 0 Å². The second-order valence-corrected chi connectivity index (χ2v) is 6.73. The minimum absolute atomic E-state index is 0.249. The van der Waals surface area contributed by atoms with Crippen molar-refractivity contribution in [1.29, 1.82) is 0 Å². The summed E-state index contributed by atoms with van der Waals surface area (Å²) in [6, 6.07) is 0. The van der Waals surface area contributed by atoms with Crippen LogP contribution in [0.4, 0.5) is 0 Å². The monoisotopic (exact) mass is 263 g/mol. The molecular formula is C11H21NO4S. The molecule has 0 saturated carbocycles. The van der Waals surface area contributed by atoms with Gasteiger partial charge >= 0.3 is 5.97 Å². The largest absolute Gasteiger partial charge is 0.481 e. The fourth-order valence-electron chi connectivity index (χ4n) is 1.41. The van der Waals surface area contributed by atoms with E-state index in [1.165, 1.54) is 0 Å². The van der Waals surface area contributed by atoms with E-state index >= 15 is 0 Å². The molecule has 0 aromatic heterocycles. The highest BCUT2D eigenvalue weighted by Crippen LogP contribution is 2.26. The molecule has 0 aliphatic carbocycles. The third kappa shape index (κ3) is 5.81. The molecule has 0 heterocycles. The predicted octanol–water partition coefficient (Wildman–Crippen LogP) is 0.618. The Hall–Kier alpha value is -0.910. The zero-order chi connectivity index (χ0) is 13.6. The molecule has 0 aromatic carbocycles. The first kappa shape index (κ1) is 16.1. The lowest BCUT2D eigenvalue weighted by molar-refractivity contribution is -0.151. The van der Waals surface area contributed by atoms with Gasteiger partial charge in [0, 0.05) is 28.9 Å². The van der Waals surface area contributed by atoms with Crippen molar-refractivity contribution in [1.82, 2.24) is 5.32 Å². The van der Waals surface area contributed by atoms with Crippen LogP contribution in [0.15, 0.2) is 0 Å². The summed E-state index contributed by atoms with van der Waals surface area (Å²) in [5, 5.41) is 11.5. The second kappa shape index (κ2) is 6.74. The van der Waals surface area contributed by atoms with Crippen molar-refractivity contribution >= 4 is 22.7 Å². The molecule has 100 valence electrons. The normalized spacial score (nSPS) is 15.1. The molecule has 0 radical (unpaired) electrons. The number of carbonyl (C=O) groups is 2. The Morgan fingerprint density at radius 1 is 1.35 bits per heavy atom. The van der Waals surface area contributed by atoms with Crippen molar-refractivity contribution < 1.29 is 18.9 Å². The van der Waals surface area contributed by atoms with Crippen LogP contribution in [0.2, 0.25) is 0 Å². The Labute approximate surface area is 104 Å². The van der Waals surface area contributed by atoms with Gasteiger partial charge in [0.15, 0.2) is 0 Å². The summed E-state index contributed by atoms with van der Waals surface area (Å²) in [6.07, 6.45) is 0. The van der Waals surface area contributed by atoms with Gasteiger partial charge in [-0.15, -0.1) is 0 Å². The van der Waals surface area contributed by atoms with E-state index in [0.29, 0.717) is 11.5 Å². The van der Waals surface area contributed by atoms with Gasteiger partial charge in [-0.1, -0.05) is 27.7 Å². The molecule has 0 bridgehead atoms. The lowest BCUT2D eigenvalue weighted by Gasteiger charge is -2.25. The van der Waals surface area contributed by atoms with Gasteiger partial charge in [0.2, 0.25) is 5.91 Å². The molecule has 0 aliphatic heterocycles. The molecule has 0 rings (SSSR count). The predicted molar refractivity (Wildman–Crippen MR) is 67.1 cm³/mol. The quantitative estimate of drug-likeness (QED) is 0.688. The van der Waals surface area contributed by atoms with Gasteiger partial charge in [0.05, 0.1) is 0 Å². The van der Waals surface area contributed by atoms with Crippen LogP contribution in [0, 0.1) is 11.3 Å². The number of amides is 1. The summed E-state index contributed by atoms with van der Waals surface area (Å²) < 4.78 is 11.1. The number of hydrogen-bond donors (Lipinski definition) is 2. The summed E-state index contributed by atoms with van der Waals surface area (Å²) in [5.74, 6) is -1.83.